The Kier molecular flexibility index (Phi) is 8.56. The van der Waals surface area contributed by atoms with E-state index in [1.807, 2.05) is 13.8 Å². The van der Waals surface area contributed by atoms with E-state index in [9.17, 15) is 12.8 Å². The van der Waals surface area contributed by atoms with Crippen molar-refractivity contribution in [3.8, 4) is 17.2 Å². The molecule has 4 heterocycles. The minimum atomic E-state index is -4.08. The molecule has 1 aromatic carbocycles. The quantitative estimate of drug-likeness (QED) is 0.372. The van der Waals surface area contributed by atoms with Gasteiger partial charge in [0.15, 0.2) is 11.6 Å². The highest BCUT2D eigenvalue weighted by Gasteiger charge is 2.39. The Bertz CT molecular complexity index is 1420. The topological polar surface area (TPSA) is 143 Å². The highest BCUT2D eigenvalue weighted by Crippen LogP contribution is 2.39. The summed E-state index contributed by atoms with van der Waals surface area (Å²) >= 11 is 0. The zero-order valence-corrected chi connectivity index (χ0v) is 24.2. The van der Waals surface area contributed by atoms with Gasteiger partial charge >= 0.3 is 0 Å². The molecule has 0 aliphatic carbocycles. The van der Waals surface area contributed by atoms with Gasteiger partial charge in [0.25, 0.3) is 0 Å². The maximum Gasteiger partial charge on any atom is 0.243 e. The van der Waals surface area contributed by atoms with Crippen LogP contribution in [0.25, 0.3) is 5.69 Å². The number of benzene rings is 1. The normalized spacial score (nSPS) is 21.3. The average molecular weight is 592 g/mol. The number of ether oxygens (including phenoxy) is 4. The number of nitrogens with zero attached hydrogens (tertiary/aromatic N) is 6. The van der Waals surface area contributed by atoms with Gasteiger partial charge in [0.05, 0.1) is 38.8 Å². The zero-order valence-electron chi connectivity index (χ0n) is 23.4. The molecule has 0 unspecified atom stereocenters. The molecular formula is C26H34FN7O6S. The first-order chi connectivity index (χ1) is 19.7. The van der Waals surface area contributed by atoms with Crippen molar-refractivity contribution < 1.29 is 31.8 Å². The van der Waals surface area contributed by atoms with Crippen LogP contribution >= 0.6 is 0 Å². The van der Waals surface area contributed by atoms with Gasteiger partial charge in [0, 0.05) is 19.7 Å². The highest BCUT2D eigenvalue weighted by atomic mass is 32.2. The summed E-state index contributed by atoms with van der Waals surface area (Å²) < 4.78 is 68.8. The molecule has 2 aliphatic heterocycles. The van der Waals surface area contributed by atoms with E-state index < -0.39 is 27.2 Å². The van der Waals surface area contributed by atoms with E-state index >= 15 is 0 Å². The Morgan fingerprint density at radius 2 is 1.80 bits per heavy atom. The van der Waals surface area contributed by atoms with Gasteiger partial charge in [-0.2, -0.15) is 0 Å². The summed E-state index contributed by atoms with van der Waals surface area (Å²) in [6.07, 6.45) is 2.89. The minimum absolute atomic E-state index is 0.0326. The van der Waals surface area contributed by atoms with Crippen LogP contribution in [-0.2, 0) is 19.5 Å². The zero-order chi connectivity index (χ0) is 29.1. The highest BCUT2D eigenvalue weighted by molar-refractivity contribution is 7.93. The summed E-state index contributed by atoms with van der Waals surface area (Å²) in [7, 11) is -1.05. The standard InChI is InChI=1S/C26H34FN7O6S/c1-16(2)40-18-11-19(15-33(14-18)25-28-12-17(27)13-29-25)41(35,36)32-26-31-30-24(22-9-6-10-39-22)34(26)23-20(37-3)7-5-8-21(23)38-4/h5,7-8,12-13,16,18-19,22H,6,9-11,14-15H2,1-4H3,(H,31,32)/t18-,19+,22+/m0/s1. The van der Waals surface area contributed by atoms with Gasteiger partial charge in [-0.15, -0.1) is 10.2 Å². The first kappa shape index (κ1) is 29.0. The molecule has 3 aromatic rings. The number of piperidine rings is 1. The van der Waals surface area contributed by atoms with Crippen LogP contribution in [0.3, 0.4) is 0 Å². The fourth-order valence-corrected chi connectivity index (χ4v) is 6.58. The van der Waals surface area contributed by atoms with Crippen LogP contribution in [0.1, 0.15) is 45.0 Å². The third kappa shape index (κ3) is 6.21. The van der Waals surface area contributed by atoms with Crippen LogP contribution in [-0.4, -0.2) is 84.5 Å². The van der Waals surface area contributed by atoms with Gasteiger partial charge in [-0.05, 0) is 45.2 Å². The number of hydrogen-bond acceptors (Lipinski definition) is 11. The molecule has 5 rings (SSSR count). The minimum Gasteiger partial charge on any atom is -0.494 e. The largest absolute Gasteiger partial charge is 0.494 e. The lowest BCUT2D eigenvalue weighted by atomic mass is 10.1. The molecule has 1 N–H and O–H groups in total. The van der Waals surface area contributed by atoms with Crippen LogP contribution < -0.4 is 19.1 Å². The van der Waals surface area contributed by atoms with Crippen LogP contribution in [0.5, 0.6) is 11.5 Å². The van der Waals surface area contributed by atoms with Gasteiger partial charge in [-0.1, -0.05) is 6.07 Å². The second-order valence-corrected chi connectivity index (χ2v) is 12.1. The molecule has 0 spiro atoms. The molecule has 15 heteroatoms. The average Bonchev–Trinajstić information content (AvgIpc) is 3.62. The lowest BCUT2D eigenvalue weighted by Crippen LogP contribution is -2.51. The second kappa shape index (κ2) is 12.1. The van der Waals surface area contributed by atoms with Crippen molar-refractivity contribution in [2.24, 2.45) is 0 Å². The molecule has 2 fully saturated rings. The number of nitrogens with one attached hydrogen (secondary N) is 1. The first-order valence-corrected chi connectivity index (χ1v) is 14.9. The molecule has 0 amide bonds. The number of rotatable bonds is 10. The van der Waals surface area contributed by atoms with E-state index in [2.05, 4.69) is 24.9 Å². The van der Waals surface area contributed by atoms with Crippen molar-refractivity contribution in [2.45, 2.75) is 56.7 Å². The Labute approximate surface area is 238 Å². The fraction of sp³-hybridized carbons (Fsp3) is 0.538. The molecule has 222 valence electrons. The summed E-state index contributed by atoms with van der Waals surface area (Å²) in [5.74, 6) is 0.896. The van der Waals surface area contributed by atoms with Gasteiger partial charge < -0.3 is 23.8 Å². The number of sulfonamides is 1. The van der Waals surface area contributed by atoms with Gasteiger partial charge in [-0.25, -0.2) is 22.8 Å². The molecule has 13 nitrogen and oxygen atoms in total. The smallest absolute Gasteiger partial charge is 0.243 e. The summed E-state index contributed by atoms with van der Waals surface area (Å²) in [6, 6.07) is 5.25. The maximum atomic E-state index is 14.0. The van der Waals surface area contributed by atoms with E-state index in [1.54, 1.807) is 27.7 Å². The fourth-order valence-electron chi connectivity index (χ4n) is 5.18. The van der Waals surface area contributed by atoms with Crippen LogP contribution in [0.15, 0.2) is 30.6 Å². The van der Waals surface area contributed by atoms with E-state index in [1.165, 1.54) is 14.2 Å². The summed E-state index contributed by atoms with van der Waals surface area (Å²) in [4.78, 5) is 9.80. The molecule has 2 aromatic heterocycles. The van der Waals surface area contributed by atoms with Crippen molar-refractivity contribution in [3.63, 3.8) is 0 Å². The Balaban J connectivity index is 1.52. The van der Waals surface area contributed by atoms with Crippen LogP contribution in [0.2, 0.25) is 0 Å². The number of aromatic nitrogens is 5. The summed E-state index contributed by atoms with van der Waals surface area (Å²) in [6.45, 7) is 4.73. The molecule has 2 saturated heterocycles. The number of hydrogen-bond donors (Lipinski definition) is 1. The first-order valence-electron chi connectivity index (χ1n) is 13.4. The molecule has 0 radical (unpaired) electrons. The number of methoxy groups -OCH3 is 2. The van der Waals surface area contributed by atoms with Crippen molar-refractivity contribution in [2.75, 3.05) is 43.5 Å². The van der Waals surface area contributed by atoms with Crippen molar-refractivity contribution >= 4 is 21.9 Å². The number of para-hydroxylation sites is 1. The third-order valence-electron chi connectivity index (χ3n) is 6.93. The van der Waals surface area contributed by atoms with Gasteiger partial charge in [0.2, 0.25) is 21.9 Å². The lowest BCUT2D eigenvalue weighted by molar-refractivity contribution is 0.00147. The number of halogens is 1. The Hall–Kier alpha value is -3.56. The van der Waals surface area contributed by atoms with Gasteiger partial charge in [0.1, 0.15) is 28.5 Å². The molecule has 3 atom stereocenters. The molecule has 41 heavy (non-hydrogen) atoms. The molecular weight excluding hydrogens is 557 g/mol. The number of anilines is 2. The summed E-state index contributed by atoms with van der Waals surface area (Å²) in [5.41, 5.74) is 0.441. The Morgan fingerprint density at radius 3 is 2.41 bits per heavy atom. The van der Waals surface area contributed by atoms with Crippen LogP contribution in [0, 0.1) is 5.82 Å². The van der Waals surface area contributed by atoms with Crippen molar-refractivity contribution in [3.05, 3.63) is 42.2 Å². The van der Waals surface area contributed by atoms with Crippen molar-refractivity contribution in [1.82, 2.24) is 24.7 Å². The van der Waals surface area contributed by atoms with E-state index in [0.29, 0.717) is 42.6 Å². The second-order valence-electron chi connectivity index (χ2n) is 10.1. The summed E-state index contributed by atoms with van der Waals surface area (Å²) in [5, 5.41) is 7.64. The van der Waals surface area contributed by atoms with Crippen LogP contribution in [0.4, 0.5) is 16.3 Å². The molecule has 2 aliphatic rings. The SMILES string of the molecule is COc1cccc(OC)c1-n1c(NS(=O)(=O)[C@@H]2C[C@H](OC(C)C)CN(c3ncc(F)cn3)C2)nnc1[C@H]1CCCO1. The van der Waals surface area contributed by atoms with E-state index in [-0.39, 0.29) is 37.1 Å². The third-order valence-corrected chi connectivity index (χ3v) is 8.62. The Morgan fingerprint density at radius 1 is 1.10 bits per heavy atom. The monoisotopic (exact) mass is 591 g/mol. The van der Waals surface area contributed by atoms with Gasteiger partial charge in [-0.3, -0.25) is 9.29 Å². The van der Waals surface area contributed by atoms with E-state index in [4.69, 9.17) is 18.9 Å². The predicted molar refractivity (Wildman–Crippen MR) is 148 cm³/mol. The lowest BCUT2D eigenvalue weighted by Gasteiger charge is -2.37. The van der Waals surface area contributed by atoms with Crippen molar-refractivity contribution in [1.29, 1.82) is 0 Å². The molecule has 0 bridgehead atoms. The predicted octanol–water partition coefficient (Wildman–Crippen LogP) is 2.88. The van der Waals surface area contributed by atoms with E-state index in [0.717, 1.165) is 18.8 Å². The maximum absolute atomic E-state index is 14.0. The molecule has 0 saturated carbocycles.